The highest BCUT2D eigenvalue weighted by atomic mass is 35.5. The Morgan fingerprint density at radius 3 is 1.50 bits per heavy atom. The Kier molecular flexibility index (Phi) is 6.21. The van der Waals surface area contributed by atoms with E-state index >= 15 is 0 Å². The topological polar surface area (TPSA) is 46.2 Å². The summed E-state index contributed by atoms with van der Waals surface area (Å²) in [5, 5.41) is 8.41. The average Bonchev–Trinajstić information content (AvgIpc) is 2.35. The zero-order chi connectivity index (χ0) is 16.6. The van der Waals surface area contributed by atoms with Crippen LogP contribution in [0.15, 0.2) is 18.2 Å². The molecule has 1 aromatic carbocycles. The van der Waals surface area contributed by atoms with Crippen molar-refractivity contribution < 1.29 is 40.2 Å². The van der Waals surface area contributed by atoms with Gasteiger partial charge in [-0.05, 0) is 23.8 Å². The molecule has 3 N–H and O–H groups in total. The van der Waals surface area contributed by atoms with E-state index in [1.165, 1.54) is 0 Å². The fourth-order valence-electron chi connectivity index (χ4n) is 1.50. The molecule has 0 aliphatic heterocycles. The van der Waals surface area contributed by atoms with Crippen molar-refractivity contribution >= 4 is 12.4 Å². The van der Waals surface area contributed by atoms with Gasteiger partial charge in [-0.15, -0.1) is 12.4 Å². The predicted molar refractivity (Wildman–Crippen MR) is 62.7 cm³/mol. The molecule has 0 aromatic heterocycles. The summed E-state index contributed by atoms with van der Waals surface area (Å²) < 4.78 is 101. The van der Waals surface area contributed by atoms with E-state index in [1.54, 1.807) is 0 Å². The van der Waals surface area contributed by atoms with Gasteiger partial charge in [0.2, 0.25) is 0 Å². The standard InChI is InChI=1S/C11H9F8NO.ClH/c12-9(13,4-21)8(20)5-1-6(10(14,15)16)3-7(2-5)11(17,18)19;/h1-3,8,21H,4,20H2;1H/t8-;/m1./s1. The summed E-state index contributed by atoms with van der Waals surface area (Å²) in [7, 11) is 0. The molecule has 2 nitrogen and oxygen atoms in total. The SMILES string of the molecule is Cl.N[C@H](c1cc(C(F)(F)F)cc(C(F)(F)F)c1)C(F)(F)CO. The van der Waals surface area contributed by atoms with E-state index in [-0.39, 0.29) is 30.6 Å². The highest BCUT2D eigenvalue weighted by Gasteiger charge is 2.41. The molecule has 0 amide bonds. The molecule has 1 rings (SSSR count). The number of halogens is 9. The number of hydrogen-bond donors (Lipinski definition) is 2. The van der Waals surface area contributed by atoms with Gasteiger partial charge in [-0.3, -0.25) is 0 Å². The minimum absolute atomic E-state index is 0. The van der Waals surface area contributed by atoms with Gasteiger partial charge in [-0.2, -0.15) is 26.3 Å². The highest BCUT2D eigenvalue weighted by Crippen LogP contribution is 2.39. The molecule has 0 aliphatic rings. The number of benzene rings is 1. The number of rotatable bonds is 3. The molecule has 0 unspecified atom stereocenters. The molecule has 0 aliphatic carbocycles. The van der Waals surface area contributed by atoms with Crippen molar-refractivity contribution in [2.45, 2.75) is 24.3 Å². The maximum absolute atomic E-state index is 13.2. The van der Waals surface area contributed by atoms with Crippen LogP contribution in [-0.4, -0.2) is 17.6 Å². The fourth-order valence-corrected chi connectivity index (χ4v) is 1.50. The van der Waals surface area contributed by atoms with Crippen LogP contribution in [0.4, 0.5) is 35.1 Å². The van der Waals surface area contributed by atoms with Crippen LogP contribution in [0.2, 0.25) is 0 Å². The Bertz CT molecular complexity index is 482. The number of hydrogen-bond acceptors (Lipinski definition) is 2. The molecule has 0 saturated carbocycles. The first-order chi connectivity index (χ1) is 9.29. The van der Waals surface area contributed by atoms with Crippen LogP contribution in [0, 0.1) is 0 Å². The second-order valence-electron chi connectivity index (χ2n) is 4.24. The highest BCUT2D eigenvalue weighted by molar-refractivity contribution is 5.85. The van der Waals surface area contributed by atoms with Crippen LogP contribution in [0.25, 0.3) is 0 Å². The first-order valence-corrected chi connectivity index (χ1v) is 5.32. The molecule has 0 radical (unpaired) electrons. The number of alkyl halides is 8. The molecule has 128 valence electrons. The van der Waals surface area contributed by atoms with Crippen LogP contribution >= 0.6 is 12.4 Å². The Labute approximate surface area is 125 Å². The summed E-state index contributed by atoms with van der Waals surface area (Å²) in [6.07, 6.45) is -10.3. The largest absolute Gasteiger partial charge is 0.416 e. The second-order valence-corrected chi connectivity index (χ2v) is 4.24. The molecule has 22 heavy (non-hydrogen) atoms. The van der Waals surface area contributed by atoms with Crippen molar-refractivity contribution in [2.24, 2.45) is 5.73 Å². The molecule has 1 atom stereocenters. The van der Waals surface area contributed by atoms with E-state index in [4.69, 9.17) is 10.8 Å². The summed E-state index contributed by atoms with van der Waals surface area (Å²) in [6.45, 7) is -1.81. The molecule has 0 saturated heterocycles. The zero-order valence-electron chi connectivity index (χ0n) is 10.5. The normalized spacial score (nSPS) is 14.5. The van der Waals surface area contributed by atoms with E-state index in [0.29, 0.717) is 0 Å². The van der Waals surface area contributed by atoms with Gasteiger partial charge in [-0.1, -0.05) is 0 Å². The van der Waals surface area contributed by atoms with Crippen LogP contribution in [0.3, 0.4) is 0 Å². The molecule has 11 heteroatoms. The van der Waals surface area contributed by atoms with E-state index in [0.717, 1.165) is 0 Å². The maximum Gasteiger partial charge on any atom is 0.416 e. The smallest absolute Gasteiger partial charge is 0.390 e. The molecular weight excluding hydrogens is 350 g/mol. The molecule has 0 bridgehead atoms. The molecular formula is C11H10ClF8NO. The van der Waals surface area contributed by atoms with Crippen LogP contribution < -0.4 is 5.73 Å². The Balaban J connectivity index is 0.00000441. The van der Waals surface area contributed by atoms with Gasteiger partial charge in [0.1, 0.15) is 6.61 Å². The predicted octanol–water partition coefficient (Wildman–Crippen LogP) is 3.77. The lowest BCUT2D eigenvalue weighted by Gasteiger charge is -2.23. The van der Waals surface area contributed by atoms with Crippen molar-refractivity contribution in [3.05, 3.63) is 34.9 Å². The Morgan fingerprint density at radius 1 is 0.864 bits per heavy atom. The lowest BCUT2D eigenvalue weighted by molar-refractivity contribution is -0.143. The van der Waals surface area contributed by atoms with Gasteiger partial charge in [0.25, 0.3) is 5.92 Å². The summed E-state index contributed by atoms with van der Waals surface area (Å²) in [4.78, 5) is 0. The van der Waals surface area contributed by atoms with Crippen molar-refractivity contribution in [3.63, 3.8) is 0 Å². The average molecular weight is 360 g/mol. The van der Waals surface area contributed by atoms with Crippen LogP contribution in [0.1, 0.15) is 22.7 Å². The first-order valence-electron chi connectivity index (χ1n) is 5.32. The monoisotopic (exact) mass is 359 g/mol. The third-order valence-corrected chi connectivity index (χ3v) is 2.63. The van der Waals surface area contributed by atoms with E-state index in [2.05, 4.69) is 0 Å². The fraction of sp³-hybridized carbons (Fsp3) is 0.455. The lowest BCUT2D eigenvalue weighted by Crippen LogP contribution is -2.36. The van der Waals surface area contributed by atoms with Crippen LogP contribution in [0.5, 0.6) is 0 Å². The number of aliphatic hydroxyl groups is 1. The van der Waals surface area contributed by atoms with Gasteiger partial charge < -0.3 is 10.8 Å². The van der Waals surface area contributed by atoms with E-state index in [1.807, 2.05) is 0 Å². The van der Waals surface area contributed by atoms with Gasteiger partial charge in [0.05, 0.1) is 17.2 Å². The third-order valence-electron chi connectivity index (χ3n) is 2.63. The van der Waals surface area contributed by atoms with Gasteiger partial charge in [-0.25, -0.2) is 8.78 Å². The summed E-state index contributed by atoms with van der Waals surface area (Å²) >= 11 is 0. The first kappa shape index (κ1) is 20.9. The van der Waals surface area contributed by atoms with Crippen molar-refractivity contribution in [3.8, 4) is 0 Å². The van der Waals surface area contributed by atoms with Crippen molar-refractivity contribution in [1.29, 1.82) is 0 Å². The summed E-state index contributed by atoms with van der Waals surface area (Å²) in [6, 6.07) is -2.51. The Morgan fingerprint density at radius 2 is 1.23 bits per heavy atom. The number of aliphatic hydroxyl groups excluding tert-OH is 1. The van der Waals surface area contributed by atoms with Crippen LogP contribution in [-0.2, 0) is 12.4 Å². The van der Waals surface area contributed by atoms with Gasteiger partial charge >= 0.3 is 12.4 Å². The molecule has 1 aromatic rings. The maximum atomic E-state index is 13.2. The lowest BCUT2D eigenvalue weighted by atomic mass is 9.96. The zero-order valence-corrected chi connectivity index (χ0v) is 11.3. The second kappa shape index (κ2) is 6.55. The van der Waals surface area contributed by atoms with E-state index < -0.39 is 47.6 Å². The molecule has 0 spiro atoms. The summed E-state index contributed by atoms with van der Waals surface area (Å²) in [5.74, 6) is -4.06. The minimum Gasteiger partial charge on any atom is -0.390 e. The van der Waals surface area contributed by atoms with Crippen molar-refractivity contribution in [2.75, 3.05) is 6.61 Å². The van der Waals surface area contributed by atoms with Gasteiger partial charge in [0.15, 0.2) is 0 Å². The third kappa shape index (κ3) is 4.68. The quantitative estimate of drug-likeness (QED) is 0.807. The number of nitrogens with two attached hydrogens (primary N) is 1. The van der Waals surface area contributed by atoms with Crippen molar-refractivity contribution in [1.82, 2.24) is 0 Å². The Hall–Kier alpha value is -1.13. The molecule has 0 heterocycles. The van der Waals surface area contributed by atoms with E-state index in [9.17, 15) is 35.1 Å². The summed E-state index contributed by atoms with van der Waals surface area (Å²) in [5.41, 5.74) is 0.384. The minimum atomic E-state index is -5.16. The molecule has 0 fully saturated rings. The van der Waals surface area contributed by atoms with Gasteiger partial charge in [0, 0.05) is 0 Å².